The lowest BCUT2D eigenvalue weighted by molar-refractivity contribution is 0.340. The first-order valence-corrected chi connectivity index (χ1v) is 8.56. The molecule has 1 aromatic heterocycles. The van der Waals surface area contributed by atoms with Crippen LogP contribution < -0.4 is 0 Å². The van der Waals surface area contributed by atoms with E-state index in [2.05, 4.69) is 0 Å². The van der Waals surface area contributed by atoms with E-state index in [1.165, 1.54) is 0 Å². The van der Waals surface area contributed by atoms with Crippen molar-refractivity contribution >= 4 is 10.0 Å². The molecule has 3 rings (SSSR count). The molecular weight excluding hydrogens is 286 g/mol. The van der Waals surface area contributed by atoms with Gasteiger partial charge in [0.15, 0.2) is 0 Å². The van der Waals surface area contributed by atoms with Crippen LogP contribution in [0.2, 0.25) is 0 Å². The van der Waals surface area contributed by atoms with Crippen LogP contribution in [0, 0.1) is 13.8 Å². The second-order valence-electron chi connectivity index (χ2n) is 5.54. The third-order valence-electron chi connectivity index (χ3n) is 4.16. The second-order valence-corrected chi connectivity index (χ2v) is 7.43. The Morgan fingerprint density at radius 2 is 2.00 bits per heavy atom. The molecule has 1 saturated heterocycles. The van der Waals surface area contributed by atoms with E-state index in [9.17, 15) is 8.42 Å². The number of benzene rings is 1. The molecule has 1 unspecified atom stereocenters. The Balaban J connectivity index is 1.99. The van der Waals surface area contributed by atoms with Crippen molar-refractivity contribution in [2.75, 3.05) is 6.54 Å². The Morgan fingerprint density at radius 3 is 2.67 bits per heavy atom. The molecule has 21 heavy (non-hydrogen) atoms. The monoisotopic (exact) mass is 305 g/mol. The van der Waals surface area contributed by atoms with Gasteiger partial charge in [0.2, 0.25) is 10.0 Å². The van der Waals surface area contributed by atoms with Gasteiger partial charge < -0.3 is 4.42 Å². The second kappa shape index (κ2) is 5.31. The zero-order valence-corrected chi connectivity index (χ0v) is 13.1. The smallest absolute Gasteiger partial charge is 0.243 e. The molecule has 0 radical (unpaired) electrons. The van der Waals surface area contributed by atoms with E-state index < -0.39 is 10.0 Å². The van der Waals surface area contributed by atoms with Gasteiger partial charge in [-0.05, 0) is 62.1 Å². The average Bonchev–Trinajstić information content (AvgIpc) is 3.11. The predicted octanol–water partition coefficient (Wildman–Crippen LogP) is 3.42. The molecule has 4 nitrogen and oxygen atoms in total. The minimum atomic E-state index is -3.48. The highest BCUT2D eigenvalue weighted by Crippen LogP contribution is 2.36. The highest BCUT2D eigenvalue weighted by molar-refractivity contribution is 7.89. The van der Waals surface area contributed by atoms with Gasteiger partial charge in [0.05, 0.1) is 17.2 Å². The number of sulfonamides is 1. The van der Waals surface area contributed by atoms with Gasteiger partial charge in [-0.25, -0.2) is 8.42 Å². The Morgan fingerprint density at radius 1 is 1.19 bits per heavy atom. The fourth-order valence-corrected chi connectivity index (χ4v) is 4.55. The minimum absolute atomic E-state index is 0.188. The van der Waals surface area contributed by atoms with Crippen LogP contribution in [0.25, 0.3) is 0 Å². The Kier molecular flexibility index (Phi) is 3.63. The summed E-state index contributed by atoms with van der Waals surface area (Å²) in [6, 6.07) is 8.76. The van der Waals surface area contributed by atoms with Gasteiger partial charge in [-0.2, -0.15) is 4.31 Å². The van der Waals surface area contributed by atoms with Crippen LogP contribution in [-0.4, -0.2) is 19.3 Å². The molecule has 1 aromatic carbocycles. The van der Waals surface area contributed by atoms with Crippen molar-refractivity contribution in [2.24, 2.45) is 0 Å². The Bertz CT molecular complexity index is 735. The van der Waals surface area contributed by atoms with Crippen molar-refractivity contribution in [2.45, 2.75) is 37.6 Å². The van der Waals surface area contributed by atoms with E-state index in [0.717, 1.165) is 29.7 Å². The molecule has 5 heteroatoms. The molecule has 1 atom stereocenters. The topological polar surface area (TPSA) is 50.5 Å². The first kappa shape index (κ1) is 14.4. The summed E-state index contributed by atoms with van der Waals surface area (Å²) in [4.78, 5) is 0.365. The van der Waals surface area contributed by atoms with Crippen molar-refractivity contribution in [3.05, 3.63) is 53.5 Å². The van der Waals surface area contributed by atoms with Crippen LogP contribution in [0.15, 0.2) is 45.9 Å². The summed E-state index contributed by atoms with van der Waals surface area (Å²) in [5.74, 6) is 0.722. The van der Waals surface area contributed by atoms with Gasteiger partial charge in [-0.15, -0.1) is 0 Å². The molecule has 0 saturated carbocycles. The lowest BCUT2D eigenvalue weighted by atomic mass is 10.1. The number of hydrogen-bond donors (Lipinski definition) is 0. The standard InChI is InChI=1S/C16H19NO3S/c1-12-7-8-14(11-13(12)2)21(18,19)17-9-3-5-15(17)16-6-4-10-20-16/h4,6-8,10-11,15H,3,5,9H2,1-2H3. The van der Waals surface area contributed by atoms with Crippen molar-refractivity contribution in [3.63, 3.8) is 0 Å². The van der Waals surface area contributed by atoms with Gasteiger partial charge in [0.1, 0.15) is 5.76 Å². The molecule has 1 aliphatic rings. The normalized spacial score (nSPS) is 20.0. The maximum Gasteiger partial charge on any atom is 0.243 e. The van der Waals surface area contributed by atoms with Gasteiger partial charge in [0, 0.05) is 6.54 Å². The molecule has 112 valence electrons. The SMILES string of the molecule is Cc1ccc(S(=O)(=O)N2CCCC2c2ccco2)cc1C. The average molecular weight is 305 g/mol. The minimum Gasteiger partial charge on any atom is -0.468 e. The van der Waals surface area contributed by atoms with Crippen molar-refractivity contribution < 1.29 is 12.8 Å². The van der Waals surface area contributed by atoms with Gasteiger partial charge in [-0.3, -0.25) is 0 Å². The Labute approximate surface area is 125 Å². The quantitative estimate of drug-likeness (QED) is 0.873. The number of nitrogens with zero attached hydrogens (tertiary/aromatic N) is 1. The highest BCUT2D eigenvalue weighted by Gasteiger charge is 2.37. The number of hydrogen-bond acceptors (Lipinski definition) is 3. The van der Waals surface area contributed by atoms with Crippen molar-refractivity contribution in [1.29, 1.82) is 0 Å². The van der Waals surface area contributed by atoms with Gasteiger partial charge in [0.25, 0.3) is 0 Å². The van der Waals surface area contributed by atoms with Gasteiger partial charge >= 0.3 is 0 Å². The van der Waals surface area contributed by atoms with Crippen LogP contribution in [0.4, 0.5) is 0 Å². The Hall–Kier alpha value is -1.59. The largest absolute Gasteiger partial charge is 0.468 e. The molecule has 0 aliphatic carbocycles. The van der Waals surface area contributed by atoms with E-state index in [-0.39, 0.29) is 6.04 Å². The molecule has 0 bridgehead atoms. The lowest BCUT2D eigenvalue weighted by Crippen LogP contribution is -2.30. The fourth-order valence-electron chi connectivity index (χ4n) is 2.80. The number of aryl methyl sites for hydroxylation is 2. The van der Waals surface area contributed by atoms with Crippen molar-refractivity contribution in [1.82, 2.24) is 4.31 Å². The zero-order chi connectivity index (χ0) is 15.0. The third kappa shape index (κ3) is 2.51. The van der Waals surface area contributed by atoms with Crippen LogP contribution in [0.1, 0.15) is 35.8 Å². The van der Waals surface area contributed by atoms with Crippen LogP contribution in [-0.2, 0) is 10.0 Å². The predicted molar refractivity (Wildman–Crippen MR) is 80.5 cm³/mol. The molecule has 1 aliphatic heterocycles. The first-order valence-electron chi connectivity index (χ1n) is 7.12. The molecule has 0 spiro atoms. The van der Waals surface area contributed by atoms with Gasteiger partial charge in [-0.1, -0.05) is 6.07 Å². The summed E-state index contributed by atoms with van der Waals surface area (Å²) in [5, 5.41) is 0. The van der Waals surface area contributed by atoms with E-state index in [4.69, 9.17) is 4.42 Å². The third-order valence-corrected chi connectivity index (χ3v) is 6.06. The maximum absolute atomic E-state index is 12.9. The van der Waals surface area contributed by atoms with Crippen LogP contribution in [0.5, 0.6) is 0 Å². The summed E-state index contributed by atoms with van der Waals surface area (Å²) in [7, 11) is -3.48. The molecular formula is C16H19NO3S. The van der Waals surface area contributed by atoms with E-state index in [1.54, 1.807) is 28.8 Å². The summed E-state index contributed by atoms with van der Waals surface area (Å²) in [6.45, 7) is 4.45. The zero-order valence-electron chi connectivity index (χ0n) is 12.2. The highest BCUT2D eigenvalue weighted by atomic mass is 32.2. The molecule has 0 amide bonds. The van der Waals surface area contributed by atoms with E-state index >= 15 is 0 Å². The molecule has 2 aromatic rings. The summed E-state index contributed by atoms with van der Waals surface area (Å²) in [6.07, 6.45) is 3.25. The maximum atomic E-state index is 12.9. The van der Waals surface area contributed by atoms with E-state index in [1.807, 2.05) is 26.0 Å². The van der Waals surface area contributed by atoms with Crippen LogP contribution in [0.3, 0.4) is 0 Å². The van der Waals surface area contributed by atoms with Crippen molar-refractivity contribution in [3.8, 4) is 0 Å². The summed E-state index contributed by atoms with van der Waals surface area (Å²) < 4.78 is 32.8. The number of furan rings is 1. The van der Waals surface area contributed by atoms with E-state index in [0.29, 0.717) is 11.4 Å². The first-order chi connectivity index (χ1) is 10.00. The summed E-state index contributed by atoms with van der Waals surface area (Å²) >= 11 is 0. The lowest BCUT2D eigenvalue weighted by Gasteiger charge is -2.23. The molecule has 0 N–H and O–H groups in total. The summed E-state index contributed by atoms with van der Waals surface area (Å²) in [5.41, 5.74) is 2.09. The fraction of sp³-hybridized carbons (Fsp3) is 0.375. The van der Waals surface area contributed by atoms with Crippen LogP contribution >= 0.6 is 0 Å². The number of rotatable bonds is 3. The molecule has 2 heterocycles. The molecule has 1 fully saturated rings.